The van der Waals surface area contributed by atoms with Crippen LogP contribution in [-0.2, 0) is 26.2 Å². The molecule has 0 aliphatic carbocycles. The van der Waals surface area contributed by atoms with Gasteiger partial charge in [0, 0.05) is 12.6 Å². The fraction of sp³-hybridized carbons (Fsp3) is 0.417. The quantitative estimate of drug-likeness (QED) is 0.411. The van der Waals surface area contributed by atoms with Crippen LogP contribution in [0.25, 0.3) is 0 Å². The highest BCUT2D eigenvalue weighted by Gasteiger charge is 2.33. The number of benzene rings is 2. The van der Waals surface area contributed by atoms with Gasteiger partial charge in [-0.15, -0.1) is 0 Å². The average Bonchev–Trinajstić information content (AvgIpc) is 2.74. The van der Waals surface area contributed by atoms with Crippen molar-refractivity contribution < 1.29 is 18.0 Å². The minimum Gasteiger partial charge on any atom is -0.352 e. The largest absolute Gasteiger partial charge is 0.352 e. The lowest BCUT2D eigenvalue weighted by molar-refractivity contribution is -0.140. The molecule has 1 N–H and O–H groups in total. The summed E-state index contributed by atoms with van der Waals surface area (Å²) in [5.74, 6) is -0.880. The van der Waals surface area contributed by atoms with E-state index in [1.165, 1.54) is 17.0 Å². The Bertz CT molecular complexity index is 1190. The third-order valence-electron chi connectivity index (χ3n) is 5.36. The molecule has 0 bridgehead atoms. The topological polar surface area (TPSA) is 86.8 Å². The van der Waals surface area contributed by atoms with Crippen LogP contribution in [0.4, 0.5) is 5.69 Å². The third-order valence-corrected chi connectivity index (χ3v) is 7.51. The Morgan fingerprint density at radius 3 is 2.17 bits per heavy atom. The molecule has 7 nitrogen and oxygen atoms in total. The van der Waals surface area contributed by atoms with Gasteiger partial charge in [-0.05, 0) is 50.5 Å². The van der Waals surface area contributed by atoms with Gasteiger partial charge in [0.2, 0.25) is 21.8 Å². The summed E-state index contributed by atoms with van der Waals surface area (Å²) in [6.07, 6.45) is 1.30. The van der Waals surface area contributed by atoms with Crippen molar-refractivity contribution in [1.29, 1.82) is 0 Å². The fourth-order valence-electron chi connectivity index (χ4n) is 3.57. The molecular formula is C24H30Cl3N3O4S. The normalized spacial score (nSPS) is 12.4. The summed E-state index contributed by atoms with van der Waals surface area (Å²) in [5, 5.41) is 3.11. The van der Waals surface area contributed by atoms with E-state index >= 15 is 0 Å². The van der Waals surface area contributed by atoms with Crippen molar-refractivity contribution in [2.75, 3.05) is 17.1 Å². The van der Waals surface area contributed by atoms with Gasteiger partial charge in [0.15, 0.2) is 0 Å². The molecule has 2 aromatic carbocycles. The molecule has 0 aliphatic heterocycles. The molecule has 11 heteroatoms. The van der Waals surface area contributed by atoms with Gasteiger partial charge in [-0.2, -0.15) is 0 Å². The molecule has 2 amide bonds. The van der Waals surface area contributed by atoms with E-state index in [9.17, 15) is 18.0 Å². The number of amides is 2. The van der Waals surface area contributed by atoms with Gasteiger partial charge >= 0.3 is 0 Å². The van der Waals surface area contributed by atoms with E-state index < -0.39 is 28.5 Å². The summed E-state index contributed by atoms with van der Waals surface area (Å²) in [6, 6.07) is 9.18. The molecule has 0 aliphatic rings. The Kier molecular flexibility index (Phi) is 10.3. The molecule has 1 atom stereocenters. The molecule has 0 radical (unpaired) electrons. The molecule has 0 heterocycles. The molecule has 0 unspecified atom stereocenters. The first-order chi connectivity index (χ1) is 16.3. The number of sulfonamides is 1. The van der Waals surface area contributed by atoms with Crippen molar-refractivity contribution >= 4 is 62.3 Å². The minimum atomic E-state index is -3.95. The smallest absolute Gasteiger partial charge is 0.244 e. The molecule has 2 aromatic rings. The van der Waals surface area contributed by atoms with Crippen molar-refractivity contribution in [3.63, 3.8) is 0 Å². The fourth-order valence-corrected chi connectivity index (χ4v) is 5.12. The summed E-state index contributed by atoms with van der Waals surface area (Å²) in [7, 11) is -3.95. The summed E-state index contributed by atoms with van der Waals surface area (Å²) in [5.41, 5.74) is 1.81. The van der Waals surface area contributed by atoms with Crippen LogP contribution in [-0.4, -0.2) is 50.0 Å². The van der Waals surface area contributed by atoms with E-state index in [0.29, 0.717) is 6.42 Å². The summed E-state index contributed by atoms with van der Waals surface area (Å²) >= 11 is 18.4. The molecular weight excluding hydrogens is 533 g/mol. The number of hydrogen-bond acceptors (Lipinski definition) is 4. The third kappa shape index (κ3) is 7.74. The number of carbonyl (C=O) groups excluding carboxylic acids is 2. The van der Waals surface area contributed by atoms with Gasteiger partial charge in [0.25, 0.3) is 0 Å². The van der Waals surface area contributed by atoms with Crippen LogP contribution in [0.15, 0.2) is 36.4 Å². The van der Waals surface area contributed by atoms with Crippen LogP contribution in [0.1, 0.15) is 38.3 Å². The monoisotopic (exact) mass is 561 g/mol. The Morgan fingerprint density at radius 2 is 1.63 bits per heavy atom. The maximum atomic E-state index is 13.7. The first-order valence-electron chi connectivity index (χ1n) is 11.0. The number of anilines is 1. The Morgan fingerprint density at radius 1 is 1.03 bits per heavy atom. The van der Waals surface area contributed by atoms with Gasteiger partial charge < -0.3 is 10.2 Å². The second-order valence-electron chi connectivity index (χ2n) is 8.52. The highest BCUT2D eigenvalue weighted by Crippen LogP contribution is 2.35. The Labute approximate surface area is 222 Å². The maximum absolute atomic E-state index is 13.7. The first-order valence-corrected chi connectivity index (χ1v) is 14.0. The van der Waals surface area contributed by atoms with E-state index in [1.807, 2.05) is 45.0 Å². The van der Waals surface area contributed by atoms with Crippen LogP contribution in [0.5, 0.6) is 0 Å². The molecule has 0 fully saturated rings. The van der Waals surface area contributed by atoms with Crippen LogP contribution in [0.3, 0.4) is 0 Å². The average molecular weight is 563 g/mol. The summed E-state index contributed by atoms with van der Waals surface area (Å²) in [6.45, 7) is 6.92. The standard InChI is InChI=1S/C24H30Cl3N3O4S/c1-6-21(24(32)28-15(2)3)29(13-17-10-8-7-9-16(17)4)23(31)14-30(35(5,33)34)22-12-19(26)18(25)11-20(22)27/h7-12,15,21H,6,13-14H2,1-5H3,(H,28,32)/t21-/m1/s1. The number of rotatable bonds is 10. The number of carbonyl (C=O) groups is 2. The van der Waals surface area contributed by atoms with E-state index in [4.69, 9.17) is 34.8 Å². The van der Waals surface area contributed by atoms with Gasteiger partial charge in [-0.1, -0.05) is 66.0 Å². The van der Waals surface area contributed by atoms with Gasteiger partial charge in [-0.25, -0.2) is 8.42 Å². The number of nitrogens with one attached hydrogen (secondary N) is 1. The van der Waals surface area contributed by atoms with E-state index in [-0.39, 0.29) is 39.2 Å². The Balaban J connectivity index is 2.53. The van der Waals surface area contributed by atoms with Gasteiger partial charge in [-0.3, -0.25) is 13.9 Å². The van der Waals surface area contributed by atoms with Gasteiger partial charge in [0.1, 0.15) is 12.6 Å². The molecule has 35 heavy (non-hydrogen) atoms. The van der Waals surface area contributed by atoms with Crippen molar-refractivity contribution in [3.05, 3.63) is 62.6 Å². The van der Waals surface area contributed by atoms with Crippen LogP contribution in [0, 0.1) is 6.92 Å². The number of aryl methyl sites for hydroxylation is 1. The molecule has 0 aromatic heterocycles. The predicted molar refractivity (Wildman–Crippen MR) is 143 cm³/mol. The zero-order valence-corrected chi connectivity index (χ0v) is 23.4. The zero-order valence-electron chi connectivity index (χ0n) is 20.3. The van der Waals surface area contributed by atoms with E-state index in [0.717, 1.165) is 21.7 Å². The predicted octanol–water partition coefficient (Wildman–Crippen LogP) is 5.05. The van der Waals surface area contributed by atoms with Crippen molar-refractivity contribution in [2.45, 2.75) is 52.7 Å². The summed E-state index contributed by atoms with van der Waals surface area (Å²) < 4.78 is 26.3. The Hall–Kier alpha value is -2.00. The van der Waals surface area contributed by atoms with Crippen molar-refractivity contribution in [1.82, 2.24) is 10.2 Å². The summed E-state index contributed by atoms with van der Waals surface area (Å²) in [4.78, 5) is 28.1. The van der Waals surface area contributed by atoms with Crippen molar-refractivity contribution in [3.8, 4) is 0 Å². The first kappa shape index (κ1) is 29.2. The lowest BCUT2D eigenvalue weighted by Crippen LogP contribution is -2.53. The van der Waals surface area contributed by atoms with E-state index in [2.05, 4.69) is 5.32 Å². The van der Waals surface area contributed by atoms with Crippen LogP contribution >= 0.6 is 34.8 Å². The number of nitrogens with zero attached hydrogens (tertiary/aromatic N) is 2. The SMILES string of the molecule is CC[C@H](C(=O)NC(C)C)N(Cc1ccccc1C)C(=O)CN(c1cc(Cl)c(Cl)cc1Cl)S(C)(=O)=O. The van der Waals surface area contributed by atoms with E-state index in [1.54, 1.807) is 6.92 Å². The highest BCUT2D eigenvalue weighted by atomic mass is 35.5. The molecule has 2 rings (SSSR count). The lowest BCUT2D eigenvalue weighted by atomic mass is 10.1. The highest BCUT2D eigenvalue weighted by molar-refractivity contribution is 7.92. The van der Waals surface area contributed by atoms with Crippen LogP contribution in [0.2, 0.25) is 15.1 Å². The zero-order chi connectivity index (χ0) is 26.5. The molecule has 0 saturated heterocycles. The number of hydrogen-bond donors (Lipinski definition) is 1. The second-order valence-corrected chi connectivity index (χ2v) is 11.7. The lowest BCUT2D eigenvalue weighted by Gasteiger charge is -2.33. The molecule has 0 saturated carbocycles. The molecule has 0 spiro atoms. The van der Waals surface area contributed by atoms with Gasteiger partial charge in [0.05, 0.1) is 27.0 Å². The molecule has 192 valence electrons. The maximum Gasteiger partial charge on any atom is 0.244 e. The minimum absolute atomic E-state index is 0.0208. The van der Waals surface area contributed by atoms with Crippen LogP contribution < -0.4 is 9.62 Å². The number of halogens is 3. The van der Waals surface area contributed by atoms with Crippen molar-refractivity contribution in [2.24, 2.45) is 0 Å². The second kappa shape index (κ2) is 12.3.